The lowest BCUT2D eigenvalue weighted by Crippen LogP contribution is -2.49. The van der Waals surface area contributed by atoms with Crippen LogP contribution < -0.4 is 21.7 Å². The Kier molecular flexibility index (Phi) is 6.81. The van der Waals surface area contributed by atoms with Gasteiger partial charge in [-0.2, -0.15) is 5.90 Å². The molecule has 1 aliphatic rings. The van der Waals surface area contributed by atoms with Gasteiger partial charge in [-0.25, -0.2) is 4.79 Å². The van der Waals surface area contributed by atoms with E-state index in [-0.39, 0.29) is 23.4 Å². The van der Waals surface area contributed by atoms with Crippen LogP contribution in [0.25, 0.3) is 0 Å². The predicted octanol–water partition coefficient (Wildman–Crippen LogP) is -0.221. The fourth-order valence-corrected chi connectivity index (χ4v) is 3.74. The van der Waals surface area contributed by atoms with Crippen molar-refractivity contribution in [1.82, 2.24) is 9.55 Å². The first-order chi connectivity index (χ1) is 14.6. The predicted molar refractivity (Wildman–Crippen MR) is 102 cm³/mol. The van der Waals surface area contributed by atoms with Crippen molar-refractivity contribution in [2.75, 3.05) is 6.61 Å². The lowest BCUT2D eigenvalue weighted by molar-refractivity contribution is -0.646. The molecule has 1 radical (unpaired) electrons. The lowest BCUT2D eigenvalue weighted by atomic mass is 10.2. The number of aliphatic hydroxyl groups excluding tert-OH is 1. The first-order valence-corrected chi connectivity index (χ1v) is 10.4. The van der Waals surface area contributed by atoms with E-state index >= 15 is 0 Å². The second kappa shape index (κ2) is 9.20. The van der Waals surface area contributed by atoms with Gasteiger partial charge in [-0.1, -0.05) is 0 Å². The summed E-state index contributed by atoms with van der Waals surface area (Å²) in [5, 5.41) is 20.9. The number of nitro groups is 1. The average Bonchev–Trinajstić information content (AvgIpc) is 3.10. The van der Waals surface area contributed by atoms with Gasteiger partial charge in [0.2, 0.25) is 0 Å². The Morgan fingerprint density at radius 2 is 2.06 bits per heavy atom. The van der Waals surface area contributed by atoms with Gasteiger partial charge >= 0.3 is 13.9 Å². The highest BCUT2D eigenvalue weighted by molar-refractivity contribution is 7.55. The minimum Gasteiger partial charge on any atom is -0.390 e. The van der Waals surface area contributed by atoms with Crippen molar-refractivity contribution in [3.8, 4) is 5.75 Å². The molecule has 14 nitrogen and oxygen atoms in total. The summed E-state index contributed by atoms with van der Waals surface area (Å²) in [7, 11) is -4.24. The van der Waals surface area contributed by atoms with Crippen molar-refractivity contribution in [2.24, 2.45) is 0 Å². The molecule has 0 bridgehead atoms. The van der Waals surface area contributed by atoms with E-state index in [0.29, 0.717) is 0 Å². The quantitative estimate of drug-likeness (QED) is 0.271. The van der Waals surface area contributed by atoms with E-state index in [2.05, 4.69) is 15.5 Å². The van der Waals surface area contributed by atoms with E-state index in [1.165, 1.54) is 25.3 Å². The molecule has 1 saturated heterocycles. The number of hydrogen-bond donors (Lipinski definition) is 3. The molecule has 167 valence electrons. The number of nitrogens with one attached hydrogen (secondary N) is 1. The Morgan fingerprint density at radius 1 is 1.39 bits per heavy atom. The van der Waals surface area contributed by atoms with E-state index in [4.69, 9.17) is 13.8 Å². The third-order valence-corrected chi connectivity index (χ3v) is 5.70. The molecular weight excluding hydrogens is 439 g/mol. The molecule has 1 aromatic carbocycles. The zero-order valence-electron chi connectivity index (χ0n) is 16.2. The summed E-state index contributed by atoms with van der Waals surface area (Å²) < 4.78 is 21.6. The van der Waals surface area contributed by atoms with Gasteiger partial charge in [-0.05, 0) is 19.1 Å². The van der Waals surface area contributed by atoms with Crippen LogP contribution in [0.3, 0.4) is 0 Å². The van der Waals surface area contributed by atoms with E-state index in [1.807, 2.05) is 0 Å². The summed E-state index contributed by atoms with van der Waals surface area (Å²) in [5.74, 6) is 3.02. The van der Waals surface area contributed by atoms with Crippen LogP contribution in [0.5, 0.6) is 5.75 Å². The largest absolute Gasteiger partial charge is 0.709 e. The smallest absolute Gasteiger partial charge is 0.390 e. The van der Waals surface area contributed by atoms with Crippen LogP contribution in [0.2, 0.25) is 0 Å². The van der Waals surface area contributed by atoms with Gasteiger partial charge in [0.15, 0.2) is 5.75 Å². The number of H-pyrrole nitrogens is 1. The third kappa shape index (κ3) is 5.32. The number of hydrogen-bond acceptors (Lipinski definition) is 9. The van der Waals surface area contributed by atoms with E-state index in [9.17, 15) is 29.7 Å². The van der Waals surface area contributed by atoms with Crippen LogP contribution in [0.15, 0.2) is 40.1 Å². The maximum atomic E-state index is 12.6. The normalized spacial score (nSPS) is 22.8. The lowest BCUT2D eigenvalue weighted by Gasteiger charge is -2.16. The van der Waals surface area contributed by atoms with Gasteiger partial charge in [0, 0.05) is 30.3 Å². The van der Waals surface area contributed by atoms with Crippen LogP contribution >= 0.6 is 8.17 Å². The van der Waals surface area contributed by atoms with Crippen molar-refractivity contribution in [1.29, 1.82) is 0 Å². The van der Waals surface area contributed by atoms with Crippen molar-refractivity contribution in [3.63, 3.8) is 0 Å². The molecular formula is C16H20N4O10P+2. The second-order valence-corrected chi connectivity index (χ2v) is 8.22. The fourth-order valence-electron chi connectivity index (χ4n) is 2.85. The van der Waals surface area contributed by atoms with E-state index < -0.39 is 49.4 Å². The standard InChI is InChI=1S/C16H19N4O10P/c1-9-7-19(16(23)18-15(9)22)14-6-12(21)13(28-14)8-27-31(26,30-17)29-11-4-2-10(3-5-11)20(24)25/h2-5,7,12-14,21H,6,8H2,1,17H3/q+1/p+1/t12-,13+,14+,31?/m0/s1. The molecule has 0 aliphatic carbocycles. The maximum absolute atomic E-state index is 12.6. The topological polar surface area (TPSA) is 203 Å². The highest BCUT2D eigenvalue weighted by atomic mass is 31.2. The molecule has 2 aromatic rings. The number of non-ortho nitro benzene ring substituents is 1. The Labute approximate surface area is 174 Å². The van der Waals surface area contributed by atoms with E-state index in [1.54, 1.807) is 0 Å². The Balaban J connectivity index is 1.65. The zero-order valence-corrected chi connectivity index (χ0v) is 17.1. The van der Waals surface area contributed by atoms with Crippen LogP contribution in [-0.4, -0.2) is 38.4 Å². The molecule has 15 heteroatoms. The number of quaternary nitrogens is 1. The molecule has 1 aromatic heterocycles. The summed E-state index contributed by atoms with van der Waals surface area (Å²) in [5.41, 5.74) is -1.15. The highest BCUT2D eigenvalue weighted by Gasteiger charge is 2.54. The first-order valence-electron chi connectivity index (χ1n) is 8.90. The Bertz CT molecular complexity index is 1060. The number of aromatic nitrogens is 2. The summed E-state index contributed by atoms with van der Waals surface area (Å²) in [6.45, 7) is 1.08. The molecule has 1 unspecified atom stereocenters. The number of aliphatic hydroxyl groups is 1. The molecule has 0 spiro atoms. The van der Waals surface area contributed by atoms with Crippen molar-refractivity contribution >= 4 is 13.9 Å². The molecule has 1 fully saturated rings. The van der Waals surface area contributed by atoms with Crippen LogP contribution in [-0.2, 0) is 18.8 Å². The van der Waals surface area contributed by atoms with Gasteiger partial charge < -0.3 is 9.84 Å². The number of ether oxygens (including phenoxy) is 1. The number of aromatic amines is 1. The van der Waals surface area contributed by atoms with Gasteiger partial charge in [0.25, 0.3) is 11.2 Å². The first kappa shape index (κ1) is 23.0. The summed E-state index contributed by atoms with van der Waals surface area (Å²) in [4.78, 5) is 48.4. The maximum Gasteiger partial charge on any atom is 0.709 e. The second-order valence-electron chi connectivity index (χ2n) is 6.63. The zero-order chi connectivity index (χ0) is 22.8. The molecule has 31 heavy (non-hydrogen) atoms. The van der Waals surface area contributed by atoms with Crippen LogP contribution in [0, 0.1) is 17.0 Å². The summed E-state index contributed by atoms with van der Waals surface area (Å²) >= 11 is 0. The molecule has 0 saturated carbocycles. The minimum atomic E-state index is -4.24. The number of aryl methyl sites for hydroxylation is 1. The molecule has 3 rings (SSSR count). The minimum absolute atomic E-state index is 0.0121. The molecule has 0 amide bonds. The molecule has 1 aliphatic heterocycles. The van der Waals surface area contributed by atoms with Crippen molar-refractivity contribution in [3.05, 3.63) is 67.0 Å². The van der Waals surface area contributed by atoms with Crippen molar-refractivity contribution in [2.45, 2.75) is 31.8 Å². The van der Waals surface area contributed by atoms with Gasteiger partial charge in [0.05, 0.1) is 20.5 Å². The average molecular weight is 459 g/mol. The van der Waals surface area contributed by atoms with Crippen LogP contribution in [0.4, 0.5) is 5.69 Å². The number of benzene rings is 1. The Morgan fingerprint density at radius 3 is 2.68 bits per heavy atom. The van der Waals surface area contributed by atoms with Gasteiger partial charge in [-0.15, -0.1) is 4.52 Å². The molecule has 2 heterocycles. The monoisotopic (exact) mass is 459 g/mol. The Hall–Kier alpha value is -2.71. The van der Waals surface area contributed by atoms with E-state index in [0.717, 1.165) is 16.7 Å². The third-order valence-electron chi connectivity index (χ3n) is 4.48. The summed E-state index contributed by atoms with van der Waals surface area (Å²) in [6, 6.07) is 4.69. The van der Waals surface area contributed by atoms with Crippen molar-refractivity contribution < 1.29 is 39.2 Å². The molecule has 4 atom stereocenters. The fraction of sp³-hybridized carbons (Fsp3) is 0.375. The number of nitro benzene ring substituents is 1. The number of nitrogens with zero attached hydrogens (tertiary/aromatic N) is 2. The van der Waals surface area contributed by atoms with Crippen LogP contribution in [0.1, 0.15) is 18.2 Å². The SMILES string of the molecule is Cc1cn([C@H]2C[C@H](O)[C@@H](CO[P+]([O])(O[NH3+])Oc3ccc([N+](=O)[O-])cc3)O2)c(=O)[nH]c1=O. The summed E-state index contributed by atoms with van der Waals surface area (Å²) in [6.07, 6.45) is -1.64. The molecule has 5 N–H and O–H groups in total. The van der Waals surface area contributed by atoms with Gasteiger partial charge in [0.1, 0.15) is 18.9 Å². The van der Waals surface area contributed by atoms with Gasteiger partial charge in [-0.3, -0.25) is 29.0 Å². The number of rotatable bonds is 8. The highest BCUT2D eigenvalue weighted by Crippen LogP contribution is 2.57.